The van der Waals surface area contributed by atoms with Crippen LogP contribution in [0.3, 0.4) is 0 Å². The van der Waals surface area contributed by atoms with Crippen LogP contribution in [0.2, 0.25) is 0 Å². The molecular weight excluding hydrogens is 299 g/mol. The Kier molecular flexibility index (Phi) is 2.31. The topological polar surface area (TPSA) is 38.0 Å². The van der Waals surface area contributed by atoms with Crippen molar-refractivity contribution in [2.24, 2.45) is 0 Å². The number of nitrogen functional groups attached to an aromatic ring is 1. The quantitative estimate of drug-likeness (QED) is 0.386. The van der Waals surface area contributed by atoms with Gasteiger partial charge in [-0.1, -0.05) is 0 Å². The number of hydrogen-bond donors (Lipinski definition) is 2. The molecule has 4 rings (SSSR count). The van der Waals surface area contributed by atoms with Gasteiger partial charge < -0.3 is 0 Å². The number of anilines is 3. The Morgan fingerprint density at radius 1 is 0.842 bits per heavy atom. The van der Waals surface area contributed by atoms with E-state index in [9.17, 15) is 0 Å². The predicted molar refractivity (Wildman–Crippen MR) is 83.1 cm³/mol. The van der Waals surface area contributed by atoms with Gasteiger partial charge in [-0.25, -0.2) is 0 Å². The molecule has 3 aromatic carbocycles. The van der Waals surface area contributed by atoms with Crippen molar-refractivity contribution in [2.75, 3.05) is 11.1 Å². The molecule has 0 amide bonds. The van der Waals surface area contributed by atoms with Crippen LogP contribution in [0, 0.1) is 0 Å². The van der Waals surface area contributed by atoms with Gasteiger partial charge in [0, 0.05) is 0 Å². The van der Waals surface area contributed by atoms with Crippen LogP contribution in [-0.2, 0) is 0 Å². The first-order chi connectivity index (χ1) is 9.33. The van der Waals surface area contributed by atoms with Crippen molar-refractivity contribution >= 4 is 51.7 Å². The normalized spacial score (nSPS) is 12.6. The van der Waals surface area contributed by atoms with Gasteiger partial charge in [0.1, 0.15) is 0 Å². The zero-order valence-electron chi connectivity index (χ0n) is 10.2. The van der Waals surface area contributed by atoms with E-state index in [-0.39, 0.29) is 0 Å². The summed E-state index contributed by atoms with van der Waals surface area (Å²) in [6.07, 6.45) is 0. The van der Waals surface area contributed by atoms with Gasteiger partial charge in [-0.3, -0.25) is 0 Å². The van der Waals surface area contributed by atoms with Crippen LogP contribution in [0.4, 0.5) is 17.1 Å². The molecule has 19 heavy (non-hydrogen) atoms. The zero-order valence-corrected chi connectivity index (χ0v) is 11.9. The van der Waals surface area contributed by atoms with E-state index in [0.29, 0.717) is 15.0 Å². The fraction of sp³-hybridized carbons (Fsp3) is 0. The van der Waals surface area contributed by atoms with E-state index in [1.165, 1.54) is 25.7 Å². The summed E-state index contributed by atoms with van der Waals surface area (Å²) in [5.41, 5.74) is 9.41. The second kappa shape index (κ2) is 4.02. The maximum absolute atomic E-state index is 6.17. The fourth-order valence-electron chi connectivity index (χ4n) is 2.51. The molecule has 0 fully saturated rings. The van der Waals surface area contributed by atoms with Gasteiger partial charge in [0.05, 0.1) is 0 Å². The predicted octanol–water partition coefficient (Wildman–Crippen LogP) is 2.13. The summed E-state index contributed by atoms with van der Waals surface area (Å²) in [5, 5.41) is 5.91. The van der Waals surface area contributed by atoms with E-state index in [0.717, 1.165) is 11.1 Å². The third kappa shape index (κ3) is 1.63. The van der Waals surface area contributed by atoms with Gasteiger partial charge in [0.2, 0.25) is 0 Å². The summed E-state index contributed by atoms with van der Waals surface area (Å²) in [6.45, 7) is 0. The molecule has 0 atom stereocenters. The van der Waals surface area contributed by atoms with E-state index in [1.54, 1.807) is 0 Å². The van der Waals surface area contributed by atoms with E-state index in [1.807, 2.05) is 12.1 Å². The molecule has 92 valence electrons. The molecule has 1 aliphatic heterocycles. The van der Waals surface area contributed by atoms with Crippen molar-refractivity contribution in [1.29, 1.82) is 0 Å². The molecule has 2 nitrogen and oxygen atoms in total. The summed E-state index contributed by atoms with van der Waals surface area (Å²) >= 11 is 0.341. The average molecular weight is 311 g/mol. The van der Waals surface area contributed by atoms with Crippen LogP contribution in [-0.4, -0.2) is 15.0 Å². The molecule has 0 aromatic heterocycles. The molecule has 0 aliphatic carbocycles. The van der Waals surface area contributed by atoms with Gasteiger partial charge >= 0.3 is 117 Å². The minimum absolute atomic E-state index is 0.341. The zero-order chi connectivity index (χ0) is 12.8. The molecule has 0 saturated heterocycles. The SMILES string of the molecule is Nc1cccc2ccc3c(c12)Nc1ccccc1[Se]3. The number of rotatable bonds is 0. The number of fused-ring (bicyclic) bond motifs is 4. The Hall–Kier alpha value is -1.96. The molecule has 3 aromatic rings. The Morgan fingerprint density at radius 2 is 1.74 bits per heavy atom. The van der Waals surface area contributed by atoms with Crippen molar-refractivity contribution in [3.05, 3.63) is 54.6 Å². The van der Waals surface area contributed by atoms with Crippen LogP contribution in [0.25, 0.3) is 10.8 Å². The Balaban J connectivity index is 2.01. The fourth-order valence-corrected chi connectivity index (χ4v) is 4.62. The Labute approximate surface area is 117 Å². The van der Waals surface area contributed by atoms with Crippen molar-refractivity contribution in [3.63, 3.8) is 0 Å². The van der Waals surface area contributed by atoms with Gasteiger partial charge in [0.15, 0.2) is 0 Å². The number of hydrogen-bond acceptors (Lipinski definition) is 2. The van der Waals surface area contributed by atoms with Crippen LogP contribution >= 0.6 is 0 Å². The first kappa shape index (κ1) is 10.9. The monoisotopic (exact) mass is 312 g/mol. The summed E-state index contributed by atoms with van der Waals surface area (Å²) in [5.74, 6) is 0. The minimum atomic E-state index is 0.341. The average Bonchev–Trinajstić information content (AvgIpc) is 2.45. The number of benzene rings is 3. The van der Waals surface area contributed by atoms with Gasteiger partial charge in [0.25, 0.3) is 0 Å². The van der Waals surface area contributed by atoms with Crippen LogP contribution in [0.15, 0.2) is 54.6 Å². The Bertz CT molecular complexity index is 796. The van der Waals surface area contributed by atoms with Gasteiger partial charge in [-0.15, -0.1) is 0 Å². The molecule has 1 aliphatic rings. The summed E-state index contributed by atoms with van der Waals surface area (Å²) in [4.78, 5) is 0. The molecule has 1 heterocycles. The molecule has 3 heteroatoms. The molecular formula is C16H12N2Se. The van der Waals surface area contributed by atoms with Gasteiger partial charge in [-0.05, 0) is 0 Å². The van der Waals surface area contributed by atoms with Crippen molar-refractivity contribution in [3.8, 4) is 0 Å². The maximum atomic E-state index is 6.17. The number of para-hydroxylation sites is 1. The second-order valence-corrected chi connectivity index (χ2v) is 6.88. The van der Waals surface area contributed by atoms with Crippen molar-refractivity contribution < 1.29 is 0 Å². The first-order valence-electron chi connectivity index (χ1n) is 6.18. The van der Waals surface area contributed by atoms with Crippen molar-refractivity contribution in [1.82, 2.24) is 0 Å². The van der Waals surface area contributed by atoms with Crippen LogP contribution in [0.1, 0.15) is 0 Å². The number of nitrogens with two attached hydrogens (primary N) is 1. The molecule has 0 radical (unpaired) electrons. The molecule has 3 N–H and O–H groups in total. The number of nitrogens with one attached hydrogen (secondary N) is 1. The first-order valence-corrected chi connectivity index (χ1v) is 7.89. The van der Waals surface area contributed by atoms with E-state index in [2.05, 4.69) is 47.8 Å². The van der Waals surface area contributed by atoms with E-state index >= 15 is 0 Å². The van der Waals surface area contributed by atoms with Crippen LogP contribution < -0.4 is 20.0 Å². The molecule has 0 spiro atoms. The third-order valence-corrected chi connectivity index (χ3v) is 5.79. The third-order valence-electron chi connectivity index (χ3n) is 3.41. The second-order valence-electron chi connectivity index (χ2n) is 4.61. The molecule has 0 saturated carbocycles. The van der Waals surface area contributed by atoms with E-state index in [4.69, 9.17) is 5.73 Å². The van der Waals surface area contributed by atoms with E-state index < -0.39 is 0 Å². The molecule has 0 unspecified atom stereocenters. The summed E-state index contributed by atoms with van der Waals surface area (Å²) in [6, 6.07) is 19.0. The van der Waals surface area contributed by atoms with Gasteiger partial charge in [-0.2, -0.15) is 0 Å². The molecule has 0 bridgehead atoms. The van der Waals surface area contributed by atoms with Crippen LogP contribution in [0.5, 0.6) is 0 Å². The van der Waals surface area contributed by atoms with Crippen molar-refractivity contribution in [2.45, 2.75) is 0 Å². The standard InChI is InChI=1S/C16H12N2Se/c17-11-5-3-4-10-8-9-14-16(15(10)11)18-12-6-1-2-7-13(12)19-14/h1-9,18H,17H2. The summed E-state index contributed by atoms with van der Waals surface area (Å²) in [7, 11) is 0. The Morgan fingerprint density at radius 3 is 2.68 bits per heavy atom. The summed E-state index contributed by atoms with van der Waals surface area (Å²) < 4.78 is 2.77.